The monoisotopic (exact) mass is 636 g/mol. The Morgan fingerprint density at radius 3 is 1.13 bits per heavy atom. The van der Waals surface area contributed by atoms with E-state index in [1.807, 2.05) is 0 Å². The molecule has 0 radical (unpaired) electrons. The van der Waals surface area contributed by atoms with Crippen molar-refractivity contribution in [2.75, 3.05) is 0 Å². The zero-order chi connectivity index (χ0) is 33.7. The highest BCUT2D eigenvalue weighted by atomic mass is 31.1. The minimum absolute atomic E-state index is 0.119. The average Bonchev–Trinajstić information content (AvgIpc) is 2.96. The maximum Gasteiger partial charge on any atom is 0.134 e. The molecule has 0 bridgehead atoms. The number of hydrogen-bond donors (Lipinski definition) is 0. The molecule has 5 aromatic carbocycles. The first-order valence-corrected chi connectivity index (χ1v) is 18.6. The van der Waals surface area contributed by atoms with E-state index in [0.717, 1.165) is 0 Å². The van der Waals surface area contributed by atoms with Gasteiger partial charge in [-0.15, -0.1) is 0 Å². The molecule has 5 aromatic rings. The normalized spacial score (nSPS) is 18.1. The van der Waals surface area contributed by atoms with Gasteiger partial charge in [0.25, 0.3) is 0 Å². The molecular weight excluding hydrogens is 587 g/mol. The third-order valence-corrected chi connectivity index (χ3v) is 13.7. The second-order valence-electron chi connectivity index (χ2n) is 14.2. The van der Waals surface area contributed by atoms with Crippen molar-refractivity contribution in [1.82, 2.24) is 0 Å². The van der Waals surface area contributed by atoms with Crippen LogP contribution >= 0.6 is 7.92 Å². The van der Waals surface area contributed by atoms with Crippen LogP contribution < -0.4 is 5.30 Å². The number of rotatable bonds is 5. The Labute approximate surface area is 284 Å². The molecule has 0 spiro atoms. The van der Waals surface area contributed by atoms with Crippen molar-refractivity contribution in [3.8, 4) is 22.3 Å². The molecule has 1 heterocycles. The summed E-state index contributed by atoms with van der Waals surface area (Å²) in [6.45, 7) is 22.5. The second-order valence-corrected chi connectivity index (χ2v) is 16.8. The smallest absolute Gasteiger partial charge is 0.134 e. The van der Waals surface area contributed by atoms with E-state index in [1.54, 1.807) is 0 Å². The first-order valence-electron chi connectivity index (χ1n) is 17.1. The van der Waals surface area contributed by atoms with Gasteiger partial charge in [-0.3, -0.25) is 4.79 Å². The van der Waals surface area contributed by atoms with Crippen LogP contribution in [0.4, 0.5) is 0 Å². The van der Waals surface area contributed by atoms with Gasteiger partial charge in [-0.25, -0.2) is 0 Å². The number of ketones is 1. The van der Waals surface area contributed by atoms with Crippen LogP contribution in [0.3, 0.4) is 0 Å². The third kappa shape index (κ3) is 6.05. The Kier molecular flexibility index (Phi) is 9.17. The van der Waals surface area contributed by atoms with Crippen molar-refractivity contribution >= 4 is 19.0 Å². The van der Waals surface area contributed by atoms with Crippen LogP contribution in [0.2, 0.25) is 0 Å². The maximum atomic E-state index is 14.1. The standard InChI is InChI=1S/C45H49OP/c1-26-20-32(7)41(33(8)21-26)37-18-13-19-38(42-34(9)22-27(2)23-35(42)10)45(37)47-39(43-28(3)14-11-15-29(43)4)24-36(46)25-40(47)44-30(5)16-12-17-31(44)6/h11-23,39-40H,24-25H2,1-10H3. The summed E-state index contributed by atoms with van der Waals surface area (Å²) < 4.78 is 0. The zero-order valence-corrected chi connectivity index (χ0v) is 30.8. The number of Topliss-reactive ketones (excluding diaryl/α,β-unsaturated/α-hetero) is 1. The van der Waals surface area contributed by atoms with Gasteiger partial charge in [0, 0.05) is 24.2 Å². The molecule has 240 valence electrons. The molecule has 0 saturated carbocycles. The molecule has 6 rings (SSSR count). The van der Waals surface area contributed by atoms with E-state index in [2.05, 4.69) is 148 Å². The van der Waals surface area contributed by atoms with Gasteiger partial charge in [-0.2, -0.15) is 0 Å². The highest BCUT2D eigenvalue weighted by molar-refractivity contribution is 7.67. The zero-order valence-electron chi connectivity index (χ0n) is 29.9. The first-order chi connectivity index (χ1) is 22.4. The van der Waals surface area contributed by atoms with Gasteiger partial charge in [0.1, 0.15) is 5.78 Å². The molecule has 1 nitrogen and oxygen atoms in total. The lowest BCUT2D eigenvalue weighted by Crippen LogP contribution is -2.27. The summed E-state index contributed by atoms with van der Waals surface area (Å²) >= 11 is 0. The Hall–Kier alpha value is -3.80. The van der Waals surface area contributed by atoms with Crippen LogP contribution in [-0.4, -0.2) is 5.78 Å². The average molecular weight is 637 g/mol. The molecule has 0 amide bonds. The fourth-order valence-electron chi connectivity index (χ4n) is 8.86. The molecule has 2 atom stereocenters. The second kappa shape index (κ2) is 13.0. The molecule has 0 aliphatic carbocycles. The molecule has 47 heavy (non-hydrogen) atoms. The molecule has 0 N–H and O–H groups in total. The van der Waals surface area contributed by atoms with E-state index in [-0.39, 0.29) is 11.3 Å². The van der Waals surface area contributed by atoms with Gasteiger partial charge in [0.2, 0.25) is 0 Å². The molecule has 1 fully saturated rings. The Morgan fingerprint density at radius 2 is 0.787 bits per heavy atom. The predicted octanol–water partition coefficient (Wildman–Crippen LogP) is 12.1. The molecule has 1 saturated heterocycles. The van der Waals surface area contributed by atoms with E-state index in [1.165, 1.54) is 94.3 Å². The van der Waals surface area contributed by atoms with Gasteiger partial charge in [-0.1, -0.05) is 97.9 Å². The van der Waals surface area contributed by atoms with Gasteiger partial charge in [0.15, 0.2) is 0 Å². The van der Waals surface area contributed by atoms with E-state index in [9.17, 15) is 4.79 Å². The number of benzene rings is 5. The highest BCUT2D eigenvalue weighted by Crippen LogP contribution is 2.69. The fraction of sp³-hybridized carbons (Fsp3) is 0.311. The fourth-order valence-corrected chi connectivity index (χ4v) is 13.0. The largest absolute Gasteiger partial charge is 0.300 e. The SMILES string of the molecule is Cc1cc(C)c(-c2cccc(-c3c(C)cc(C)cc3C)c2P2C(c3c(C)cccc3C)CC(=O)CC2c2c(C)cccc2C)c(C)c1. The number of carbonyl (C=O) groups excluding carboxylic acids is 1. The highest BCUT2D eigenvalue weighted by Gasteiger charge is 2.43. The van der Waals surface area contributed by atoms with E-state index >= 15 is 0 Å². The summed E-state index contributed by atoms with van der Waals surface area (Å²) in [6.07, 6.45) is 1.18. The summed E-state index contributed by atoms with van der Waals surface area (Å²) in [7, 11) is -0.912. The summed E-state index contributed by atoms with van der Waals surface area (Å²) in [5.74, 6) is 0.383. The van der Waals surface area contributed by atoms with Crippen molar-refractivity contribution in [3.05, 3.63) is 146 Å². The quantitative estimate of drug-likeness (QED) is 0.175. The summed E-state index contributed by atoms with van der Waals surface area (Å²) in [5, 5.41) is 1.46. The van der Waals surface area contributed by atoms with Crippen LogP contribution in [-0.2, 0) is 4.79 Å². The Bertz CT molecular complexity index is 1800. The van der Waals surface area contributed by atoms with Crippen molar-refractivity contribution in [3.63, 3.8) is 0 Å². The van der Waals surface area contributed by atoms with Crippen LogP contribution in [0, 0.1) is 69.2 Å². The minimum atomic E-state index is -0.912. The lowest BCUT2D eigenvalue weighted by molar-refractivity contribution is -0.119. The maximum absolute atomic E-state index is 14.1. The van der Waals surface area contributed by atoms with Gasteiger partial charge >= 0.3 is 0 Å². The molecule has 1 aliphatic rings. The Balaban J connectivity index is 1.80. The lowest BCUT2D eigenvalue weighted by Gasteiger charge is -2.43. The van der Waals surface area contributed by atoms with Crippen molar-refractivity contribution < 1.29 is 4.79 Å². The summed E-state index contributed by atoms with van der Waals surface area (Å²) in [6, 6.07) is 29.7. The van der Waals surface area contributed by atoms with Crippen LogP contribution in [0.25, 0.3) is 22.3 Å². The summed E-state index contributed by atoms with van der Waals surface area (Å²) in [5.41, 5.74) is 21.4. The van der Waals surface area contributed by atoms with Crippen molar-refractivity contribution in [2.24, 2.45) is 0 Å². The van der Waals surface area contributed by atoms with Crippen LogP contribution in [0.1, 0.15) is 90.9 Å². The molecule has 2 heteroatoms. The molecule has 0 aromatic heterocycles. The van der Waals surface area contributed by atoms with Crippen molar-refractivity contribution in [2.45, 2.75) is 93.4 Å². The van der Waals surface area contributed by atoms with Gasteiger partial charge < -0.3 is 0 Å². The Morgan fingerprint density at radius 1 is 0.468 bits per heavy atom. The number of aryl methyl sites for hydroxylation is 10. The molecule has 1 aliphatic heterocycles. The molecular formula is C45H49OP. The first kappa shape index (κ1) is 33.1. The lowest BCUT2D eigenvalue weighted by atomic mass is 9.89. The summed E-state index contributed by atoms with van der Waals surface area (Å²) in [4.78, 5) is 14.1. The van der Waals surface area contributed by atoms with Crippen molar-refractivity contribution in [1.29, 1.82) is 0 Å². The van der Waals surface area contributed by atoms with E-state index in [4.69, 9.17) is 0 Å². The topological polar surface area (TPSA) is 17.1 Å². The van der Waals surface area contributed by atoms with Crippen LogP contribution in [0.5, 0.6) is 0 Å². The van der Waals surface area contributed by atoms with Gasteiger partial charge in [-0.05, 0) is 152 Å². The minimum Gasteiger partial charge on any atom is -0.300 e. The predicted molar refractivity (Wildman–Crippen MR) is 204 cm³/mol. The van der Waals surface area contributed by atoms with Crippen LogP contribution in [0.15, 0.2) is 78.9 Å². The number of carbonyl (C=O) groups is 1. The third-order valence-electron chi connectivity index (χ3n) is 10.5. The van der Waals surface area contributed by atoms with E-state index in [0.29, 0.717) is 18.6 Å². The van der Waals surface area contributed by atoms with E-state index < -0.39 is 7.92 Å². The number of hydrogen-bond acceptors (Lipinski definition) is 1. The molecule has 2 unspecified atom stereocenters. The van der Waals surface area contributed by atoms with Gasteiger partial charge in [0.05, 0.1) is 0 Å².